The highest BCUT2D eigenvalue weighted by molar-refractivity contribution is 6.14. The first-order valence-corrected chi connectivity index (χ1v) is 10.5. The third-order valence-corrected chi connectivity index (χ3v) is 4.84. The molecule has 0 heterocycles. The van der Waals surface area contributed by atoms with Crippen LogP contribution in [0, 0.1) is 0 Å². The average Bonchev–Trinajstić information content (AvgIpc) is 2.86. The van der Waals surface area contributed by atoms with Crippen molar-refractivity contribution >= 4 is 23.6 Å². The zero-order valence-electron chi connectivity index (χ0n) is 18.8. The Balaban J connectivity index is 1.74. The standard InChI is InChI=1S/C26H23NO8/c1-33-23(28)14-17-5-2-10-22(13-17)34-11-12-35-27-24(18-6-3-8-20(15-18)25(29)30)19-7-4-9-21(16-19)26(31)32/h2-10,13,15-16H,11-12,14H2,1H3,(H,29,30)(H,31,32). The van der Waals surface area contributed by atoms with Crippen LogP contribution in [0.3, 0.4) is 0 Å². The summed E-state index contributed by atoms with van der Waals surface area (Å²) in [5.41, 5.74) is 2.02. The molecule has 3 rings (SSSR count). The third-order valence-electron chi connectivity index (χ3n) is 4.84. The van der Waals surface area contributed by atoms with Crippen LogP contribution in [-0.2, 0) is 20.8 Å². The molecule has 0 amide bonds. The lowest BCUT2D eigenvalue weighted by atomic mass is 9.99. The first-order chi connectivity index (χ1) is 16.9. The Bertz CT molecular complexity index is 1190. The van der Waals surface area contributed by atoms with Gasteiger partial charge in [0.15, 0.2) is 6.61 Å². The van der Waals surface area contributed by atoms with Gasteiger partial charge in [-0.2, -0.15) is 0 Å². The minimum atomic E-state index is -1.10. The Morgan fingerprint density at radius 2 is 1.34 bits per heavy atom. The molecule has 3 aromatic carbocycles. The molecule has 0 saturated carbocycles. The number of nitrogens with zero attached hydrogens (tertiary/aromatic N) is 1. The predicted octanol–water partition coefficient (Wildman–Crippen LogP) is 3.65. The Kier molecular flexibility index (Phi) is 8.55. The summed E-state index contributed by atoms with van der Waals surface area (Å²) in [5, 5.41) is 22.8. The van der Waals surface area contributed by atoms with Crippen molar-refractivity contribution in [1.29, 1.82) is 0 Å². The fourth-order valence-corrected chi connectivity index (χ4v) is 3.16. The lowest BCUT2D eigenvalue weighted by Gasteiger charge is -2.10. The number of rotatable bonds is 11. The van der Waals surface area contributed by atoms with Gasteiger partial charge >= 0.3 is 17.9 Å². The van der Waals surface area contributed by atoms with Gasteiger partial charge in [0.05, 0.1) is 24.7 Å². The van der Waals surface area contributed by atoms with Crippen molar-refractivity contribution in [2.75, 3.05) is 20.3 Å². The summed E-state index contributed by atoms with van der Waals surface area (Å²) in [6, 6.07) is 19.2. The zero-order valence-corrected chi connectivity index (χ0v) is 18.8. The van der Waals surface area contributed by atoms with Gasteiger partial charge in [0.1, 0.15) is 18.1 Å². The number of carboxylic acid groups (broad SMARTS) is 2. The molecule has 0 aliphatic heterocycles. The van der Waals surface area contributed by atoms with Crippen LogP contribution in [0.25, 0.3) is 0 Å². The van der Waals surface area contributed by atoms with E-state index < -0.39 is 11.9 Å². The number of hydrogen-bond donors (Lipinski definition) is 2. The van der Waals surface area contributed by atoms with Gasteiger partial charge in [-0.05, 0) is 42.0 Å². The number of carbonyl (C=O) groups excluding carboxylic acids is 1. The smallest absolute Gasteiger partial charge is 0.335 e. The molecule has 0 atom stereocenters. The molecule has 0 bridgehead atoms. The second kappa shape index (κ2) is 12.0. The lowest BCUT2D eigenvalue weighted by molar-refractivity contribution is -0.139. The Morgan fingerprint density at radius 1 is 0.771 bits per heavy atom. The molecule has 9 heteroatoms. The summed E-state index contributed by atoms with van der Waals surface area (Å²) in [5.74, 6) is -2.02. The van der Waals surface area contributed by atoms with E-state index in [1.807, 2.05) is 0 Å². The molecule has 9 nitrogen and oxygen atoms in total. The van der Waals surface area contributed by atoms with E-state index in [9.17, 15) is 24.6 Å². The second-order valence-electron chi connectivity index (χ2n) is 7.29. The average molecular weight is 477 g/mol. The first-order valence-electron chi connectivity index (χ1n) is 10.5. The van der Waals surface area contributed by atoms with E-state index in [4.69, 9.17) is 9.57 Å². The van der Waals surface area contributed by atoms with Gasteiger partial charge in [-0.1, -0.05) is 41.6 Å². The van der Waals surface area contributed by atoms with Crippen LogP contribution in [0.15, 0.2) is 78.0 Å². The van der Waals surface area contributed by atoms with Crippen molar-refractivity contribution in [2.45, 2.75) is 6.42 Å². The van der Waals surface area contributed by atoms with Gasteiger partial charge in [0.25, 0.3) is 0 Å². The second-order valence-corrected chi connectivity index (χ2v) is 7.29. The van der Waals surface area contributed by atoms with Crippen LogP contribution in [-0.4, -0.2) is 54.2 Å². The molecule has 2 N–H and O–H groups in total. The number of carboxylic acids is 2. The van der Waals surface area contributed by atoms with Crippen molar-refractivity contribution in [1.82, 2.24) is 0 Å². The predicted molar refractivity (Wildman–Crippen MR) is 126 cm³/mol. The minimum absolute atomic E-state index is 0.0553. The quantitative estimate of drug-likeness (QED) is 0.185. The lowest BCUT2D eigenvalue weighted by Crippen LogP contribution is -2.10. The van der Waals surface area contributed by atoms with Crippen molar-refractivity contribution < 1.29 is 38.9 Å². The maximum absolute atomic E-state index is 11.4. The van der Waals surface area contributed by atoms with Gasteiger partial charge < -0.3 is 24.5 Å². The number of esters is 1. The molecule has 35 heavy (non-hydrogen) atoms. The zero-order chi connectivity index (χ0) is 25.2. The normalized spacial score (nSPS) is 10.2. The fourth-order valence-electron chi connectivity index (χ4n) is 3.16. The minimum Gasteiger partial charge on any atom is -0.490 e. The number of ether oxygens (including phenoxy) is 2. The summed E-state index contributed by atoms with van der Waals surface area (Å²) >= 11 is 0. The monoisotopic (exact) mass is 477 g/mol. The maximum atomic E-state index is 11.4. The highest BCUT2D eigenvalue weighted by atomic mass is 16.6. The molecule has 0 aromatic heterocycles. The van der Waals surface area contributed by atoms with Crippen molar-refractivity contribution in [3.8, 4) is 5.75 Å². The van der Waals surface area contributed by atoms with E-state index in [2.05, 4.69) is 9.89 Å². The summed E-state index contributed by atoms with van der Waals surface area (Å²) < 4.78 is 10.3. The molecular formula is C26H23NO8. The Hall–Kier alpha value is -4.66. The SMILES string of the molecule is COC(=O)Cc1cccc(OCCON=C(c2cccc(C(=O)O)c2)c2cccc(C(=O)O)c2)c1. The number of oxime groups is 1. The maximum Gasteiger partial charge on any atom is 0.335 e. The number of hydrogen-bond acceptors (Lipinski definition) is 7. The topological polar surface area (TPSA) is 132 Å². The number of carbonyl (C=O) groups is 3. The van der Waals surface area contributed by atoms with Gasteiger partial charge in [-0.15, -0.1) is 0 Å². The van der Waals surface area contributed by atoms with E-state index >= 15 is 0 Å². The largest absolute Gasteiger partial charge is 0.490 e. The number of aromatic carboxylic acids is 2. The van der Waals surface area contributed by atoms with E-state index in [0.717, 1.165) is 5.56 Å². The molecule has 0 radical (unpaired) electrons. The molecule has 0 saturated heterocycles. The van der Waals surface area contributed by atoms with Gasteiger partial charge in [-0.3, -0.25) is 4.79 Å². The van der Waals surface area contributed by atoms with E-state index in [1.54, 1.807) is 48.5 Å². The first kappa shape index (κ1) is 25.0. The Labute approximate surface area is 201 Å². The molecule has 0 spiro atoms. The van der Waals surface area contributed by atoms with Crippen LogP contribution < -0.4 is 4.74 Å². The highest BCUT2D eigenvalue weighted by Gasteiger charge is 2.14. The van der Waals surface area contributed by atoms with E-state index in [1.165, 1.54) is 31.4 Å². The summed E-state index contributed by atoms with van der Waals surface area (Å²) in [6.07, 6.45) is 0.128. The fraction of sp³-hybridized carbons (Fsp3) is 0.154. The van der Waals surface area contributed by atoms with E-state index in [0.29, 0.717) is 16.9 Å². The van der Waals surface area contributed by atoms with Crippen LogP contribution in [0.2, 0.25) is 0 Å². The highest BCUT2D eigenvalue weighted by Crippen LogP contribution is 2.17. The van der Waals surface area contributed by atoms with Crippen LogP contribution in [0.5, 0.6) is 5.75 Å². The molecule has 0 aliphatic carbocycles. The molecule has 3 aromatic rings. The molecule has 0 fully saturated rings. The summed E-state index contributed by atoms with van der Waals surface area (Å²) in [7, 11) is 1.32. The molecule has 180 valence electrons. The Morgan fingerprint density at radius 3 is 1.91 bits per heavy atom. The van der Waals surface area contributed by atoms with E-state index in [-0.39, 0.29) is 42.4 Å². The van der Waals surface area contributed by atoms with Gasteiger partial charge in [-0.25, -0.2) is 9.59 Å². The van der Waals surface area contributed by atoms with Crippen LogP contribution >= 0.6 is 0 Å². The summed E-state index contributed by atoms with van der Waals surface area (Å²) in [4.78, 5) is 39.7. The van der Waals surface area contributed by atoms with Crippen molar-refractivity contribution in [3.63, 3.8) is 0 Å². The summed E-state index contributed by atoms with van der Waals surface area (Å²) in [6.45, 7) is 0.199. The van der Waals surface area contributed by atoms with Gasteiger partial charge in [0, 0.05) is 11.1 Å². The number of benzene rings is 3. The molecule has 0 unspecified atom stereocenters. The van der Waals surface area contributed by atoms with Crippen LogP contribution in [0.4, 0.5) is 0 Å². The van der Waals surface area contributed by atoms with Crippen molar-refractivity contribution in [3.05, 3.63) is 101 Å². The number of methoxy groups -OCH3 is 1. The molecular weight excluding hydrogens is 454 g/mol. The van der Waals surface area contributed by atoms with Crippen molar-refractivity contribution in [2.24, 2.45) is 5.16 Å². The third kappa shape index (κ3) is 7.16. The van der Waals surface area contributed by atoms with Crippen LogP contribution in [0.1, 0.15) is 37.4 Å². The molecule has 0 aliphatic rings. The van der Waals surface area contributed by atoms with Gasteiger partial charge in [0.2, 0.25) is 0 Å².